The third-order valence-electron chi connectivity index (χ3n) is 11.5. The molecule has 4 nitrogen and oxygen atoms in total. The lowest BCUT2D eigenvalue weighted by Crippen LogP contribution is -2.55. The fraction of sp³-hybridized carbons (Fsp3) is 0. The van der Waals surface area contributed by atoms with Crippen molar-refractivity contribution in [3.63, 3.8) is 0 Å². The molecular formula is C45H15B12N3O. The van der Waals surface area contributed by atoms with Crippen molar-refractivity contribution in [1.29, 1.82) is 0 Å². The molecule has 0 N–H and O–H groups in total. The molecule has 0 saturated heterocycles. The summed E-state index contributed by atoms with van der Waals surface area (Å²) in [6, 6.07) is 27.9. The summed E-state index contributed by atoms with van der Waals surface area (Å²) >= 11 is 0. The molecule has 0 bridgehead atoms. The Bertz CT molecular complexity index is 3550. The molecule has 0 aliphatic rings. The highest BCUT2D eigenvalue weighted by Gasteiger charge is 2.22. The molecule has 10 aromatic rings. The first-order valence-corrected chi connectivity index (χ1v) is 18.9. The average molecular weight is 743 g/mol. The molecule has 0 saturated carbocycles. The molecule has 2 aromatic heterocycles. The molecule has 8 aromatic carbocycles. The normalized spacial score (nSPS) is 11.7. The van der Waals surface area contributed by atoms with Gasteiger partial charge in [-0.05, 0) is 73.8 Å². The Hall–Kier alpha value is -5.87. The van der Waals surface area contributed by atoms with Crippen LogP contribution in [0, 0.1) is 0 Å². The Kier molecular flexibility index (Phi) is 9.25. The van der Waals surface area contributed by atoms with Gasteiger partial charge in [0.05, 0.1) is 0 Å². The van der Waals surface area contributed by atoms with Crippen molar-refractivity contribution >= 4 is 214 Å². The van der Waals surface area contributed by atoms with E-state index in [1.807, 2.05) is 72.8 Å². The molecule has 16 heteroatoms. The van der Waals surface area contributed by atoms with Gasteiger partial charge in [0.2, 0.25) is 0 Å². The van der Waals surface area contributed by atoms with Crippen molar-refractivity contribution in [1.82, 2.24) is 15.0 Å². The summed E-state index contributed by atoms with van der Waals surface area (Å²) < 4.78 is 6.44. The summed E-state index contributed by atoms with van der Waals surface area (Å²) in [7, 11) is 77.8. The smallest absolute Gasteiger partial charge is 0.164 e. The first kappa shape index (κ1) is 39.3. The van der Waals surface area contributed by atoms with Crippen LogP contribution in [0.4, 0.5) is 0 Å². The zero-order chi connectivity index (χ0) is 42.8. The van der Waals surface area contributed by atoms with Gasteiger partial charge in [0.1, 0.15) is 105 Å². The maximum atomic E-state index is 7.14. The van der Waals surface area contributed by atoms with Gasteiger partial charge in [-0.3, -0.25) is 0 Å². The van der Waals surface area contributed by atoms with E-state index in [4.69, 9.17) is 114 Å². The van der Waals surface area contributed by atoms with Crippen molar-refractivity contribution < 1.29 is 4.42 Å². The largest absolute Gasteiger partial charge is 0.456 e. The summed E-state index contributed by atoms with van der Waals surface area (Å²) in [6.45, 7) is 0. The van der Waals surface area contributed by atoms with E-state index in [2.05, 4.69) is 0 Å². The van der Waals surface area contributed by atoms with Crippen molar-refractivity contribution in [2.45, 2.75) is 0 Å². The number of aromatic nitrogens is 3. The molecule has 0 unspecified atom stereocenters. The molecule has 0 amide bonds. The third-order valence-corrected chi connectivity index (χ3v) is 11.5. The molecule has 0 fully saturated rings. The maximum absolute atomic E-state index is 7.14. The van der Waals surface area contributed by atoms with Gasteiger partial charge in [0.25, 0.3) is 0 Å². The van der Waals surface area contributed by atoms with Crippen molar-refractivity contribution in [3.05, 3.63) is 91.0 Å². The van der Waals surface area contributed by atoms with E-state index in [0.29, 0.717) is 93.9 Å². The Balaban J connectivity index is 1.15. The van der Waals surface area contributed by atoms with Crippen LogP contribution in [0.2, 0.25) is 0 Å². The maximum Gasteiger partial charge on any atom is 0.164 e. The van der Waals surface area contributed by atoms with E-state index in [0.717, 1.165) is 32.5 Å². The van der Waals surface area contributed by atoms with Gasteiger partial charge in [-0.25, -0.2) is 15.0 Å². The molecule has 0 aliphatic heterocycles. The van der Waals surface area contributed by atoms with Crippen LogP contribution < -0.4 is 65.6 Å². The minimum absolute atomic E-state index is 0.0828. The van der Waals surface area contributed by atoms with Crippen LogP contribution in [0.3, 0.4) is 0 Å². The highest BCUT2D eigenvalue weighted by Crippen LogP contribution is 2.37. The summed E-state index contributed by atoms with van der Waals surface area (Å²) in [5.74, 6) is 0.889. The molecule has 2 heterocycles. The van der Waals surface area contributed by atoms with E-state index in [9.17, 15) is 0 Å². The second-order valence-corrected chi connectivity index (χ2v) is 15.1. The quantitative estimate of drug-likeness (QED) is 0.147. The molecule has 10 rings (SSSR count). The van der Waals surface area contributed by atoms with Crippen LogP contribution in [-0.2, 0) is 0 Å². The first-order valence-electron chi connectivity index (χ1n) is 18.9. The van der Waals surface area contributed by atoms with Crippen LogP contribution in [0.25, 0.3) is 99.5 Å². The zero-order valence-corrected chi connectivity index (χ0v) is 32.3. The highest BCUT2D eigenvalue weighted by molar-refractivity contribution is 6.69. The van der Waals surface area contributed by atoms with Crippen molar-refractivity contribution in [2.24, 2.45) is 0 Å². The molecule has 24 radical (unpaired) electrons. The number of hydrogen-bond donors (Lipinski definition) is 0. The van der Waals surface area contributed by atoms with Crippen LogP contribution in [-0.4, -0.2) is 109 Å². The van der Waals surface area contributed by atoms with E-state index in [1.54, 1.807) is 18.2 Å². The lowest BCUT2D eigenvalue weighted by Gasteiger charge is -2.23. The monoisotopic (exact) mass is 745 g/mol. The predicted octanol–water partition coefficient (Wildman–Crippen LogP) is -2.58. The molecule has 61 heavy (non-hydrogen) atoms. The number of fused-ring (bicyclic) bond motifs is 9. The zero-order valence-electron chi connectivity index (χ0n) is 32.3. The van der Waals surface area contributed by atoms with E-state index in [-0.39, 0.29) is 38.7 Å². The van der Waals surface area contributed by atoms with Crippen LogP contribution >= 0.6 is 0 Å². The average Bonchev–Trinajstić information content (AvgIpc) is 3.62. The standard InChI is InChI=1S/C45H15B12N3O/c46-24-12-20-22(13-25(24)47)32-34(27(49)15-28(50)36(32)51)33-23(20)14-26(48)31(37(33)52)17-6-8-19-21-10-18(7-9-29(21)61-30(19)11-17)44-58-43(16-4-2-1-3-5-16)59-45(60-44)35-38(53)40(55)42(57)41(56)39(35)54/h1-15H. The topological polar surface area (TPSA) is 51.8 Å². The lowest BCUT2D eigenvalue weighted by molar-refractivity contribution is 0.669. The minimum Gasteiger partial charge on any atom is -0.456 e. The first-order chi connectivity index (χ1) is 29.2. The Morgan fingerprint density at radius 3 is 1.57 bits per heavy atom. The van der Waals surface area contributed by atoms with Crippen LogP contribution in [0.15, 0.2) is 95.4 Å². The van der Waals surface area contributed by atoms with Gasteiger partial charge >= 0.3 is 0 Å². The Labute approximate surface area is 367 Å². The predicted molar refractivity (Wildman–Crippen MR) is 266 cm³/mol. The summed E-state index contributed by atoms with van der Waals surface area (Å²) in [5, 5.41) is 5.71. The van der Waals surface area contributed by atoms with Gasteiger partial charge in [-0.2, -0.15) is 0 Å². The van der Waals surface area contributed by atoms with Crippen LogP contribution in [0.1, 0.15) is 0 Å². The molecule has 252 valence electrons. The van der Waals surface area contributed by atoms with Crippen molar-refractivity contribution in [3.8, 4) is 45.3 Å². The Morgan fingerprint density at radius 1 is 0.311 bits per heavy atom. The van der Waals surface area contributed by atoms with Gasteiger partial charge in [-0.15, -0.1) is 32.8 Å². The number of nitrogens with zero attached hydrogens (tertiary/aromatic N) is 3. The van der Waals surface area contributed by atoms with Gasteiger partial charge in [0, 0.05) is 27.5 Å². The SMILES string of the molecule is [B]c1cc2c(cc1[B])c1c([B])c([B])cc([B])c1c1c([B])c(-c3ccc4c(c3)oc3ccc(-c5nc(-c6ccccc6)nc(-c6c([B])c([B])c([B])c([B])c6[B])n5)cc34)c([B])cc21. The Morgan fingerprint density at radius 2 is 0.885 bits per heavy atom. The van der Waals surface area contributed by atoms with Gasteiger partial charge in [-0.1, -0.05) is 93.4 Å². The van der Waals surface area contributed by atoms with E-state index >= 15 is 0 Å². The summed E-state index contributed by atoms with van der Waals surface area (Å²) in [5.41, 5.74) is 7.27. The minimum atomic E-state index is 0.0828. The van der Waals surface area contributed by atoms with Crippen molar-refractivity contribution in [2.75, 3.05) is 0 Å². The van der Waals surface area contributed by atoms with Crippen LogP contribution in [0.5, 0.6) is 0 Å². The second kappa shape index (κ2) is 14.4. The number of hydrogen-bond acceptors (Lipinski definition) is 4. The lowest BCUT2D eigenvalue weighted by atomic mass is 9.60. The fourth-order valence-corrected chi connectivity index (χ4v) is 8.38. The highest BCUT2D eigenvalue weighted by atomic mass is 16.3. The number of furan rings is 1. The second-order valence-electron chi connectivity index (χ2n) is 15.1. The molecular weight excluding hydrogens is 728 g/mol. The fourth-order valence-electron chi connectivity index (χ4n) is 8.38. The molecule has 0 aliphatic carbocycles. The molecule has 0 spiro atoms. The summed E-state index contributed by atoms with van der Waals surface area (Å²) in [4.78, 5) is 14.5. The number of rotatable bonds is 4. The van der Waals surface area contributed by atoms with Gasteiger partial charge in [0.15, 0.2) is 17.5 Å². The molecule has 0 atom stereocenters. The van der Waals surface area contributed by atoms with E-state index < -0.39 is 0 Å². The summed E-state index contributed by atoms with van der Waals surface area (Å²) in [6.07, 6.45) is 0. The van der Waals surface area contributed by atoms with Gasteiger partial charge < -0.3 is 4.42 Å². The van der Waals surface area contributed by atoms with E-state index in [1.165, 1.54) is 0 Å². The number of benzene rings is 8. The third kappa shape index (κ3) is 6.03.